The fraction of sp³-hybridized carbons (Fsp3) is 0.0667. The van der Waals surface area contributed by atoms with Gasteiger partial charge in [-0.3, -0.25) is 0 Å². The standard InChI is InChI=1S/C15H11ClF2/c16-10-13(12-2-1-3-15(18)9-12)8-11-4-6-14(17)7-5-11/h1-9H,10H2/b13-8+. The molecule has 0 bridgehead atoms. The van der Waals surface area contributed by atoms with Gasteiger partial charge in [-0.15, -0.1) is 11.6 Å². The van der Waals surface area contributed by atoms with Crippen LogP contribution in [0.5, 0.6) is 0 Å². The van der Waals surface area contributed by atoms with E-state index in [2.05, 4.69) is 0 Å². The molecule has 0 N–H and O–H groups in total. The van der Waals surface area contributed by atoms with Crippen molar-refractivity contribution in [1.82, 2.24) is 0 Å². The molecule has 2 rings (SSSR count). The smallest absolute Gasteiger partial charge is 0.123 e. The second kappa shape index (κ2) is 5.78. The van der Waals surface area contributed by atoms with Crippen molar-refractivity contribution >= 4 is 23.3 Å². The molecule has 0 spiro atoms. The molecule has 0 fully saturated rings. The third-order valence-corrected chi connectivity index (χ3v) is 2.84. The highest BCUT2D eigenvalue weighted by molar-refractivity contribution is 6.24. The lowest BCUT2D eigenvalue weighted by molar-refractivity contribution is 0.627. The molecule has 0 aliphatic heterocycles. The van der Waals surface area contributed by atoms with Gasteiger partial charge in [0.05, 0.1) is 0 Å². The Hall–Kier alpha value is -1.67. The molecule has 0 atom stereocenters. The zero-order valence-corrected chi connectivity index (χ0v) is 10.3. The Bertz CT molecular complexity index is 559. The van der Waals surface area contributed by atoms with Crippen LogP contribution in [0.4, 0.5) is 8.78 Å². The van der Waals surface area contributed by atoms with E-state index < -0.39 is 0 Å². The summed E-state index contributed by atoms with van der Waals surface area (Å²) >= 11 is 5.87. The minimum Gasteiger partial charge on any atom is -0.207 e. The van der Waals surface area contributed by atoms with Crippen LogP contribution in [-0.4, -0.2) is 5.88 Å². The van der Waals surface area contributed by atoms with Gasteiger partial charge in [-0.2, -0.15) is 0 Å². The lowest BCUT2D eigenvalue weighted by Crippen LogP contribution is -1.88. The predicted molar refractivity (Wildman–Crippen MR) is 71.4 cm³/mol. The molecular formula is C15H11ClF2. The van der Waals surface area contributed by atoms with Crippen molar-refractivity contribution in [2.45, 2.75) is 0 Å². The number of rotatable bonds is 3. The number of alkyl halides is 1. The van der Waals surface area contributed by atoms with Gasteiger partial charge in [-0.1, -0.05) is 24.3 Å². The first-order valence-electron chi connectivity index (χ1n) is 5.47. The van der Waals surface area contributed by atoms with Crippen LogP contribution in [0, 0.1) is 11.6 Å². The molecule has 0 nitrogen and oxygen atoms in total. The summed E-state index contributed by atoms with van der Waals surface area (Å²) in [6, 6.07) is 12.3. The van der Waals surface area contributed by atoms with Gasteiger partial charge in [0.2, 0.25) is 0 Å². The summed E-state index contributed by atoms with van der Waals surface area (Å²) in [7, 11) is 0. The van der Waals surface area contributed by atoms with Crippen LogP contribution in [0.15, 0.2) is 48.5 Å². The maximum Gasteiger partial charge on any atom is 0.123 e. The Kier molecular flexibility index (Phi) is 4.11. The number of allylic oxidation sites excluding steroid dienone is 1. The highest BCUT2D eigenvalue weighted by atomic mass is 35.5. The van der Waals surface area contributed by atoms with Crippen LogP contribution < -0.4 is 0 Å². The van der Waals surface area contributed by atoms with Gasteiger partial charge in [0.1, 0.15) is 11.6 Å². The monoisotopic (exact) mass is 264 g/mol. The first kappa shape index (κ1) is 12.8. The third kappa shape index (κ3) is 3.17. The summed E-state index contributed by atoms with van der Waals surface area (Å²) in [5, 5.41) is 0. The topological polar surface area (TPSA) is 0 Å². The average molecular weight is 265 g/mol. The summed E-state index contributed by atoms with van der Waals surface area (Å²) in [4.78, 5) is 0. The van der Waals surface area contributed by atoms with Gasteiger partial charge in [-0.25, -0.2) is 8.78 Å². The highest BCUT2D eigenvalue weighted by Crippen LogP contribution is 2.20. The van der Waals surface area contributed by atoms with Crippen LogP contribution in [0.25, 0.3) is 11.6 Å². The van der Waals surface area contributed by atoms with E-state index in [9.17, 15) is 8.78 Å². The zero-order chi connectivity index (χ0) is 13.0. The Labute approximate surface area is 110 Å². The van der Waals surface area contributed by atoms with Crippen LogP contribution in [0.1, 0.15) is 11.1 Å². The molecular weight excluding hydrogens is 254 g/mol. The molecule has 92 valence electrons. The number of hydrogen-bond acceptors (Lipinski definition) is 0. The fourth-order valence-electron chi connectivity index (χ4n) is 1.65. The molecule has 0 aromatic heterocycles. The quantitative estimate of drug-likeness (QED) is 0.555. The van der Waals surface area contributed by atoms with Crippen molar-refractivity contribution in [1.29, 1.82) is 0 Å². The van der Waals surface area contributed by atoms with E-state index >= 15 is 0 Å². The molecule has 0 amide bonds. The van der Waals surface area contributed by atoms with Crippen molar-refractivity contribution in [2.24, 2.45) is 0 Å². The Balaban J connectivity index is 2.36. The van der Waals surface area contributed by atoms with Gasteiger partial charge in [0.25, 0.3) is 0 Å². The first-order chi connectivity index (χ1) is 8.69. The molecule has 3 heteroatoms. The number of benzene rings is 2. The molecule has 0 aliphatic carbocycles. The van der Waals surface area contributed by atoms with Crippen LogP contribution >= 0.6 is 11.6 Å². The Morgan fingerprint density at radius 2 is 1.72 bits per heavy atom. The number of halogens is 3. The normalized spacial score (nSPS) is 11.6. The van der Waals surface area contributed by atoms with Crippen molar-refractivity contribution < 1.29 is 8.78 Å². The molecule has 18 heavy (non-hydrogen) atoms. The average Bonchev–Trinajstić information content (AvgIpc) is 2.38. The largest absolute Gasteiger partial charge is 0.207 e. The van der Waals surface area contributed by atoms with Gasteiger partial charge in [0, 0.05) is 5.88 Å². The summed E-state index contributed by atoms with van der Waals surface area (Å²) in [6.45, 7) is 0. The van der Waals surface area contributed by atoms with Crippen LogP contribution in [-0.2, 0) is 0 Å². The Morgan fingerprint density at radius 3 is 2.33 bits per heavy atom. The third-order valence-electron chi connectivity index (χ3n) is 2.55. The lowest BCUT2D eigenvalue weighted by Gasteiger charge is -2.04. The van der Waals surface area contributed by atoms with Gasteiger partial charge < -0.3 is 0 Å². The molecule has 0 saturated heterocycles. The molecule has 0 heterocycles. The maximum atomic E-state index is 13.1. The fourth-order valence-corrected chi connectivity index (χ4v) is 1.88. The summed E-state index contributed by atoms with van der Waals surface area (Å²) in [5.41, 5.74) is 2.36. The lowest BCUT2D eigenvalue weighted by atomic mass is 10.0. The maximum absolute atomic E-state index is 13.1. The van der Waals surface area contributed by atoms with Crippen LogP contribution in [0.2, 0.25) is 0 Å². The van der Waals surface area contributed by atoms with Crippen molar-refractivity contribution in [3.05, 3.63) is 71.3 Å². The van der Waals surface area contributed by atoms with E-state index in [0.717, 1.165) is 16.7 Å². The summed E-state index contributed by atoms with van der Waals surface area (Å²) in [5.74, 6) is -0.325. The summed E-state index contributed by atoms with van der Waals surface area (Å²) < 4.78 is 25.9. The molecule has 2 aromatic rings. The molecule has 0 saturated carbocycles. The minimum absolute atomic E-state index is 0.265. The van der Waals surface area contributed by atoms with Gasteiger partial charge in [-0.05, 0) is 47.0 Å². The highest BCUT2D eigenvalue weighted by Gasteiger charge is 2.02. The summed E-state index contributed by atoms with van der Waals surface area (Å²) in [6.07, 6.45) is 1.82. The first-order valence-corrected chi connectivity index (χ1v) is 6.00. The number of hydrogen-bond donors (Lipinski definition) is 0. The molecule has 0 unspecified atom stereocenters. The van der Waals surface area contributed by atoms with Gasteiger partial charge >= 0.3 is 0 Å². The second-order valence-corrected chi connectivity index (χ2v) is 4.13. The van der Waals surface area contributed by atoms with E-state index in [1.54, 1.807) is 24.3 Å². The zero-order valence-electron chi connectivity index (χ0n) is 9.54. The van der Waals surface area contributed by atoms with E-state index in [1.165, 1.54) is 24.3 Å². The van der Waals surface area contributed by atoms with Crippen molar-refractivity contribution in [3.63, 3.8) is 0 Å². The molecule has 0 aliphatic rings. The van der Waals surface area contributed by atoms with E-state index in [4.69, 9.17) is 11.6 Å². The Morgan fingerprint density at radius 1 is 1.00 bits per heavy atom. The second-order valence-electron chi connectivity index (χ2n) is 3.87. The van der Waals surface area contributed by atoms with E-state index in [1.807, 2.05) is 6.08 Å². The van der Waals surface area contributed by atoms with Crippen molar-refractivity contribution in [2.75, 3.05) is 5.88 Å². The predicted octanol–water partition coefficient (Wildman–Crippen LogP) is 4.74. The van der Waals surface area contributed by atoms with E-state index in [-0.39, 0.29) is 17.5 Å². The van der Waals surface area contributed by atoms with Crippen molar-refractivity contribution in [3.8, 4) is 0 Å². The van der Waals surface area contributed by atoms with Crippen LogP contribution in [0.3, 0.4) is 0 Å². The molecule has 2 aromatic carbocycles. The van der Waals surface area contributed by atoms with E-state index in [0.29, 0.717) is 0 Å². The minimum atomic E-state index is -0.303. The molecule has 0 radical (unpaired) electrons. The SMILES string of the molecule is Fc1ccc(/C=C(\CCl)c2cccc(F)c2)cc1. The van der Waals surface area contributed by atoms with Gasteiger partial charge in [0.15, 0.2) is 0 Å².